The second kappa shape index (κ2) is 12.7. The van der Waals surface area contributed by atoms with Gasteiger partial charge in [-0.15, -0.1) is 16.4 Å². The van der Waals surface area contributed by atoms with E-state index in [0.717, 1.165) is 10.9 Å². The van der Waals surface area contributed by atoms with Crippen molar-refractivity contribution in [2.24, 2.45) is 5.73 Å². The van der Waals surface area contributed by atoms with E-state index in [4.69, 9.17) is 5.73 Å². The number of alkyl halides is 9. The van der Waals surface area contributed by atoms with E-state index < -0.39 is 47.8 Å². The van der Waals surface area contributed by atoms with Crippen LogP contribution in [0.15, 0.2) is 41.9 Å². The third-order valence-corrected chi connectivity index (χ3v) is 8.26. The Hall–Kier alpha value is -3.93. The summed E-state index contributed by atoms with van der Waals surface area (Å²) in [6.07, 6.45) is -12.6. The number of rotatable bonds is 8. The number of nitrogens with zero attached hydrogens (tertiary/aromatic N) is 7. The molecule has 46 heavy (non-hydrogen) atoms. The zero-order valence-electron chi connectivity index (χ0n) is 24.1. The number of aromatic nitrogens is 5. The molecule has 8 nitrogen and oxygen atoms in total. The minimum atomic E-state index is -5.08. The normalized spacial score (nSPS) is 16.0. The lowest BCUT2D eigenvalue weighted by Crippen LogP contribution is -2.30. The fourth-order valence-corrected chi connectivity index (χ4v) is 6.12. The first-order chi connectivity index (χ1) is 21.5. The van der Waals surface area contributed by atoms with E-state index in [0.29, 0.717) is 35.7 Å². The van der Waals surface area contributed by atoms with E-state index in [9.17, 15) is 39.5 Å². The molecule has 0 aliphatic carbocycles. The van der Waals surface area contributed by atoms with Gasteiger partial charge < -0.3 is 15.5 Å². The molecule has 18 heteroatoms. The second-order valence-electron chi connectivity index (χ2n) is 10.7. The first kappa shape index (κ1) is 33.4. The highest BCUT2D eigenvalue weighted by molar-refractivity contribution is 7.09. The number of hydrogen-bond donors (Lipinski definition) is 1. The van der Waals surface area contributed by atoms with Crippen LogP contribution in [0.1, 0.15) is 57.3 Å². The Labute approximate surface area is 260 Å². The zero-order valence-corrected chi connectivity index (χ0v) is 24.9. The van der Waals surface area contributed by atoms with Gasteiger partial charge in [0.15, 0.2) is 0 Å². The lowest BCUT2D eigenvalue weighted by atomic mass is 9.94. The fraction of sp³-hybridized carbons (Fsp3) is 0.429. The molecule has 4 aromatic rings. The fourth-order valence-electron chi connectivity index (χ4n) is 5.49. The Morgan fingerprint density at radius 3 is 2.24 bits per heavy atom. The van der Waals surface area contributed by atoms with Gasteiger partial charge in [-0.05, 0) is 65.9 Å². The maximum atomic E-state index is 14.1. The number of halogens is 9. The van der Waals surface area contributed by atoms with E-state index in [1.165, 1.54) is 29.2 Å². The van der Waals surface area contributed by atoms with Crippen molar-refractivity contribution in [1.29, 1.82) is 0 Å². The Morgan fingerprint density at radius 1 is 0.957 bits per heavy atom. The Morgan fingerprint density at radius 2 is 1.65 bits per heavy atom. The highest BCUT2D eigenvalue weighted by Gasteiger charge is 2.39. The Bertz CT molecular complexity index is 1620. The molecule has 2 aromatic carbocycles. The van der Waals surface area contributed by atoms with Gasteiger partial charge in [0, 0.05) is 36.9 Å². The van der Waals surface area contributed by atoms with Crippen molar-refractivity contribution < 1.29 is 39.5 Å². The van der Waals surface area contributed by atoms with Crippen LogP contribution in [0.3, 0.4) is 0 Å². The molecule has 0 amide bonds. The van der Waals surface area contributed by atoms with Crippen molar-refractivity contribution >= 4 is 23.0 Å². The van der Waals surface area contributed by atoms with Gasteiger partial charge in [-0.25, -0.2) is 4.98 Å². The number of hydrogen-bond acceptors (Lipinski definition) is 8. The van der Waals surface area contributed by atoms with E-state index in [1.807, 2.05) is 0 Å². The summed E-state index contributed by atoms with van der Waals surface area (Å²) >= 11 is 1.32. The molecule has 0 radical (unpaired) electrons. The first-order valence-electron chi connectivity index (χ1n) is 13.9. The number of tetrazole rings is 1. The molecule has 1 aliphatic heterocycles. The average molecular weight is 679 g/mol. The van der Waals surface area contributed by atoms with Gasteiger partial charge >= 0.3 is 18.5 Å². The van der Waals surface area contributed by atoms with Gasteiger partial charge in [0.25, 0.3) is 5.95 Å². The van der Waals surface area contributed by atoms with Crippen LogP contribution in [0.2, 0.25) is 0 Å². The first-order valence-corrected chi connectivity index (χ1v) is 14.8. The zero-order chi connectivity index (χ0) is 33.4. The molecule has 1 atom stereocenters. The summed E-state index contributed by atoms with van der Waals surface area (Å²) in [5, 5.41) is 14.6. The summed E-state index contributed by atoms with van der Waals surface area (Å²) in [5.41, 5.74) is 1.83. The van der Waals surface area contributed by atoms with Gasteiger partial charge in [0.1, 0.15) is 5.01 Å². The molecule has 0 saturated carbocycles. The third kappa shape index (κ3) is 7.37. The quantitative estimate of drug-likeness (QED) is 0.201. The van der Waals surface area contributed by atoms with E-state index in [1.54, 1.807) is 16.5 Å². The number of anilines is 2. The predicted octanol–water partition coefficient (Wildman–Crippen LogP) is 7.00. The topological polar surface area (TPSA) is 89.0 Å². The van der Waals surface area contributed by atoms with E-state index in [2.05, 4.69) is 20.4 Å². The Kier molecular flexibility index (Phi) is 9.23. The van der Waals surface area contributed by atoms with Crippen LogP contribution in [0.5, 0.6) is 0 Å². The van der Waals surface area contributed by atoms with Crippen molar-refractivity contribution in [1.82, 2.24) is 25.2 Å². The SMILES string of the molecule is Cc1cc2c(cc1C(F)(F)F)N(Cc1nccs1)CCCC2N(Cc1cc(C(F)(F)F)cc(C(F)(F)F)c1)c1nnn(CCN)n1. The minimum absolute atomic E-state index is 0.0308. The van der Waals surface area contributed by atoms with Gasteiger partial charge in [0.05, 0.1) is 35.8 Å². The van der Waals surface area contributed by atoms with Crippen LogP contribution in [0.4, 0.5) is 51.1 Å². The molecular weight excluding hydrogens is 651 g/mol. The summed E-state index contributed by atoms with van der Waals surface area (Å²) in [5.74, 6) is -0.138. The maximum absolute atomic E-state index is 14.1. The van der Waals surface area contributed by atoms with Crippen LogP contribution >= 0.6 is 11.3 Å². The van der Waals surface area contributed by atoms with Crippen molar-refractivity contribution in [3.8, 4) is 0 Å². The average Bonchev–Trinajstić information content (AvgIpc) is 3.61. The minimum Gasteiger partial charge on any atom is -0.364 e. The van der Waals surface area contributed by atoms with E-state index >= 15 is 0 Å². The van der Waals surface area contributed by atoms with Gasteiger partial charge in [-0.1, -0.05) is 11.2 Å². The van der Waals surface area contributed by atoms with Crippen LogP contribution < -0.4 is 15.5 Å². The number of fused-ring (bicyclic) bond motifs is 1. The predicted molar refractivity (Wildman–Crippen MR) is 151 cm³/mol. The van der Waals surface area contributed by atoms with Gasteiger partial charge in [-0.2, -0.15) is 44.3 Å². The van der Waals surface area contributed by atoms with Crippen LogP contribution in [-0.2, 0) is 38.2 Å². The lowest BCUT2D eigenvalue weighted by molar-refractivity contribution is -0.143. The molecular formula is C28H27F9N8S. The summed E-state index contributed by atoms with van der Waals surface area (Å²) in [6.45, 7) is 1.45. The van der Waals surface area contributed by atoms with Crippen LogP contribution in [0, 0.1) is 6.92 Å². The Balaban J connectivity index is 1.68. The molecule has 0 fully saturated rings. The molecule has 1 unspecified atom stereocenters. The van der Waals surface area contributed by atoms with Crippen molar-refractivity contribution in [3.63, 3.8) is 0 Å². The van der Waals surface area contributed by atoms with Crippen molar-refractivity contribution in [2.75, 3.05) is 22.9 Å². The van der Waals surface area contributed by atoms with Crippen molar-refractivity contribution in [3.05, 3.63) is 80.3 Å². The molecule has 3 heterocycles. The molecule has 5 rings (SSSR count). The number of aryl methyl sites for hydroxylation is 1. The summed E-state index contributed by atoms with van der Waals surface area (Å²) in [7, 11) is 0. The third-order valence-electron chi connectivity index (χ3n) is 7.50. The van der Waals surface area contributed by atoms with E-state index in [-0.39, 0.29) is 54.9 Å². The lowest BCUT2D eigenvalue weighted by Gasteiger charge is -2.33. The molecule has 248 valence electrons. The van der Waals surface area contributed by atoms with Crippen LogP contribution in [-0.4, -0.2) is 38.3 Å². The molecule has 1 aliphatic rings. The number of benzene rings is 2. The smallest absolute Gasteiger partial charge is 0.364 e. The monoisotopic (exact) mass is 678 g/mol. The number of thiazole rings is 1. The standard InChI is InChI=1S/C28H27F9N8S/c1-16-9-20-22(3-2-6-43(15-24-39-5-8-46-24)23(20)13-21(16)28(35,36)37)44(25-40-42-45(41-25)7-4-38)14-17-10-18(26(29,30)31)12-19(11-17)27(32,33)34/h5,8-13,22H,2-4,6-7,14-15,38H2,1H3. The second-order valence-corrected chi connectivity index (χ2v) is 11.7. The number of nitrogens with two attached hydrogens (primary N) is 1. The molecule has 2 N–H and O–H groups in total. The summed E-state index contributed by atoms with van der Waals surface area (Å²) in [6, 6.07) is 2.76. The maximum Gasteiger partial charge on any atom is 0.416 e. The summed E-state index contributed by atoms with van der Waals surface area (Å²) in [4.78, 5) is 8.51. The van der Waals surface area contributed by atoms with Gasteiger partial charge in [0.2, 0.25) is 0 Å². The highest BCUT2D eigenvalue weighted by atomic mass is 32.1. The van der Waals surface area contributed by atoms with Crippen molar-refractivity contribution in [2.45, 2.75) is 64.0 Å². The largest absolute Gasteiger partial charge is 0.416 e. The summed E-state index contributed by atoms with van der Waals surface area (Å²) < 4.78 is 125. The molecule has 0 bridgehead atoms. The molecule has 0 spiro atoms. The molecule has 0 saturated heterocycles. The van der Waals surface area contributed by atoms with Crippen LogP contribution in [0.25, 0.3) is 0 Å². The highest BCUT2D eigenvalue weighted by Crippen LogP contribution is 2.44. The molecule has 2 aromatic heterocycles. The van der Waals surface area contributed by atoms with Gasteiger partial charge in [-0.3, -0.25) is 0 Å².